The van der Waals surface area contributed by atoms with Gasteiger partial charge in [-0.2, -0.15) is 18.3 Å². The van der Waals surface area contributed by atoms with Crippen molar-refractivity contribution >= 4 is 11.6 Å². The summed E-state index contributed by atoms with van der Waals surface area (Å²) in [6.07, 6.45) is 0.498. The Morgan fingerprint density at radius 3 is 2.29 bits per heavy atom. The van der Waals surface area contributed by atoms with E-state index in [2.05, 4.69) is 5.10 Å². The van der Waals surface area contributed by atoms with Gasteiger partial charge in [0, 0.05) is 44.3 Å². The lowest BCUT2D eigenvalue weighted by molar-refractivity contribution is -0.137. The molecule has 10 heteroatoms. The molecule has 1 aliphatic heterocycles. The topological polar surface area (TPSA) is 46.3 Å². The van der Waals surface area contributed by atoms with Crippen LogP contribution in [-0.2, 0) is 6.18 Å². The molecule has 0 spiro atoms. The van der Waals surface area contributed by atoms with E-state index in [1.807, 2.05) is 4.90 Å². The van der Waals surface area contributed by atoms with Crippen molar-refractivity contribution in [2.75, 3.05) is 31.1 Å². The number of carbonyl (C=O) groups is 1. The Morgan fingerprint density at radius 1 is 0.886 bits per heavy atom. The fraction of sp³-hybridized carbons (Fsp3) is 0.200. The van der Waals surface area contributed by atoms with Crippen LogP contribution in [0.25, 0.3) is 11.5 Å². The molecular weight excluding hydrogens is 462 g/mol. The van der Waals surface area contributed by atoms with E-state index in [4.69, 9.17) is 0 Å². The summed E-state index contributed by atoms with van der Waals surface area (Å²) in [6.45, 7) is 1.41. The number of alkyl halides is 3. The summed E-state index contributed by atoms with van der Waals surface area (Å²) in [6, 6.07) is 14.9. The van der Waals surface area contributed by atoms with Crippen LogP contribution >= 0.6 is 0 Å². The second-order valence-electron chi connectivity index (χ2n) is 8.16. The minimum Gasteiger partial charge on any atom is -0.368 e. The quantitative estimate of drug-likeness (QED) is 0.393. The molecule has 2 aromatic heterocycles. The lowest BCUT2D eigenvalue weighted by Crippen LogP contribution is -2.49. The van der Waals surface area contributed by atoms with Crippen LogP contribution in [0.5, 0.6) is 0 Å². The molecule has 0 radical (unpaired) electrons. The second-order valence-corrected chi connectivity index (χ2v) is 8.16. The van der Waals surface area contributed by atoms with Crippen molar-refractivity contribution in [2.45, 2.75) is 6.18 Å². The van der Waals surface area contributed by atoms with Gasteiger partial charge in [0.25, 0.3) is 5.91 Å². The van der Waals surface area contributed by atoms with Crippen molar-refractivity contribution in [1.82, 2.24) is 19.2 Å². The molecule has 0 unspecified atom stereocenters. The van der Waals surface area contributed by atoms with Crippen molar-refractivity contribution in [3.8, 4) is 11.5 Å². The maximum absolute atomic E-state index is 14.5. The number of aromatic nitrogens is 3. The Hall–Kier alpha value is -4.08. The van der Waals surface area contributed by atoms with E-state index < -0.39 is 17.6 Å². The molecular formula is C25H21F4N5O. The third kappa shape index (κ3) is 4.39. The molecule has 180 valence electrons. The molecule has 4 aromatic rings. The number of para-hydroxylation sites is 1. The molecule has 0 bridgehead atoms. The predicted molar refractivity (Wildman–Crippen MR) is 122 cm³/mol. The van der Waals surface area contributed by atoms with Crippen LogP contribution in [0.2, 0.25) is 0 Å². The van der Waals surface area contributed by atoms with Crippen LogP contribution in [0.4, 0.5) is 23.2 Å². The van der Waals surface area contributed by atoms with Gasteiger partial charge in [-0.15, -0.1) is 0 Å². The maximum atomic E-state index is 14.5. The first-order valence-corrected chi connectivity index (χ1v) is 11.0. The van der Waals surface area contributed by atoms with Crippen LogP contribution in [0, 0.1) is 5.82 Å². The van der Waals surface area contributed by atoms with Gasteiger partial charge in [-0.25, -0.2) is 9.07 Å². The zero-order chi connectivity index (χ0) is 24.6. The third-order valence-corrected chi connectivity index (χ3v) is 6.01. The lowest BCUT2D eigenvalue weighted by Gasteiger charge is -2.36. The monoisotopic (exact) mass is 483 g/mol. The minimum atomic E-state index is -4.42. The van der Waals surface area contributed by atoms with Crippen molar-refractivity contribution in [2.24, 2.45) is 0 Å². The molecule has 1 amide bonds. The number of hydrogen-bond donors (Lipinski definition) is 0. The average Bonchev–Trinajstić information content (AvgIpc) is 3.54. The van der Waals surface area contributed by atoms with Crippen molar-refractivity contribution in [1.29, 1.82) is 0 Å². The van der Waals surface area contributed by atoms with Crippen LogP contribution in [0.15, 0.2) is 79.3 Å². The van der Waals surface area contributed by atoms with Crippen molar-refractivity contribution < 1.29 is 22.4 Å². The molecule has 2 aromatic carbocycles. The molecule has 35 heavy (non-hydrogen) atoms. The van der Waals surface area contributed by atoms with Gasteiger partial charge in [-0.3, -0.25) is 4.79 Å². The molecule has 0 atom stereocenters. The van der Waals surface area contributed by atoms with Gasteiger partial charge in [0.2, 0.25) is 0 Å². The standard InChI is InChI=1S/C25H21F4N5O/c26-21-8-1-2-9-22(21)34-23(32-10-3-4-11-32)20(17-30-34)24(35)33-14-12-31(13-15-33)19-7-5-6-18(16-19)25(27,28)29/h1-11,16-17H,12-15H2. The van der Waals surface area contributed by atoms with E-state index in [0.717, 1.165) is 12.1 Å². The van der Waals surface area contributed by atoms with E-state index >= 15 is 0 Å². The summed E-state index contributed by atoms with van der Waals surface area (Å²) in [7, 11) is 0. The van der Waals surface area contributed by atoms with Crippen LogP contribution in [0.3, 0.4) is 0 Å². The summed E-state index contributed by atoms with van der Waals surface area (Å²) >= 11 is 0. The Kier molecular flexibility index (Phi) is 5.80. The maximum Gasteiger partial charge on any atom is 0.416 e. The molecule has 1 fully saturated rings. The van der Waals surface area contributed by atoms with Gasteiger partial charge in [0.15, 0.2) is 5.82 Å². The SMILES string of the molecule is O=C(c1cnn(-c2ccccc2F)c1-n1cccc1)N1CCN(c2cccc(C(F)(F)F)c2)CC1. The van der Waals surface area contributed by atoms with Gasteiger partial charge < -0.3 is 14.4 Å². The molecule has 0 N–H and O–H groups in total. The number of anilines is 1. The second kappa shape index (κ2) is 8.94. The molecule has 1 saturated heterocycles. The summed E-state index contributed by atoms with van der Waals surface area (Å²) in [5.74, 6) is -0.344. The zero-order valence-electron chi connectivity index (χ0n) is 18.5. The van der Waals surface area contributed by atoms with E-state index in [0.29, 0.717) is 43.2 Å². The summed E-state index contributed by atoms with van der Waals surface area (Å²) < 4.78 is 56.9. The molecule has 6 nitrogen and oxygen atoms in total. The summed E-state index contributed by atoms with van der Waals surface area (Å²) in [4.78, 5) is 16.9. The summed E-state index contributed by atoms with van der Waals surface area (Å²) in [5.41, 5.74) is 0.277. The van der Waals surface area contributed by atoms with Gasteiger partial charge in [0.1, 0.15) is 17.1 Å². The highest BCUT2D eigenvalue weighted by Crippen LogP contribution is 2.32. The molecule has 5 rings (SSSR count). The van der Waals surface area contributed by atoms with Gasteiger partial charge in [-0.1, -0.05) is 18.2 Å². The number of rotatable bonds is 4. The highest BCUT2D eigenvalue weighted by atomic mass is 19.4. The van der Waals surface area contributed by atoms with Crippen molar-refractivity contribution in [3.05, 3.63) is 96.2 Å². The number of benzene rings is 2. The van der Waals surface area contributed by atoms with Gasteiger partial charge in [-0.05, 0) is 42.5 Å². The van der Waals surface area contributed by atoms with E-state index in [9.17, 15) is 22.4 Å². The first-order valence-electron chi connectivity index (χ1n) is 11.0. The Morgan fingerprint density at radius 2 is 1.60 bits per heavy atom. The van der Waals surface area contributed by atoms with Gasteiger partial charge in [0.05, 0.1) is 11.8 Å². The van der Waals surface area contributed by atoms with E-state index in [-0.39, 0.29) is 11.6 Å². The Labute approximate surface area is 198 Å². The summed E-state index contributed by atoms with van der Waals surface area (Å²) in [5, 5.41) is 4.31. The average molecular weight is 483 g/mol. The fourth-order valence-corrected chi connectivity index (χ4v) is 4.23. The minimum absolute atomic E-state index is 0.213. The largest absolute Gasteiger partial charge is 0.416 e. The number of hydrogen-bond acceptors (Lipinski definition) is 3. The van der Waals surface area contributed by atoms with Crippen LogP contribution in [0.1, 0.15) is 15.9 Å². The lowest BCUT2D eigenvalue weighted by atomic mass is 10.1. The van der Waals surface area contributed by atoms with Crippen molar-refractivity contribution in [3.63, 3.8) is 0 Å². The van der Waals surface area contributed by atoms with Crippen LogP contribution < -0.4 is 4.90 Å². The van der Waals surface area contributed by atoms with Crippen LogP contribution in [-0.4, -0.2) is 51.3 Å². The fourth-order valence-electron chi connectivity index (χ4n) is 4.23. The third-order valence-electron chi connectivity index (χ3n) is 6.01. The smallest absolute Gasteiger partial charge is 0.368 e. The van der Waals surface area contributed by atoms with Gasteiger partial charge >= 0.3 is 6.18 Å². The molecule has 3 heterocycles. The number of carbonyl (C=O) groups excluding carboxylic acids is 1. The number of nitrogens with zero attached hydrogens (tertiary/aromatic N) is 5. The predicted octanol–water partition coefficient (Wildman–Crippen LogP) is 4.78. The molecule has 0 aliphatic carbocycles. The highest BCUT2D eigenvalue weighted by Gasteiger charge is 2.32. The molecule has 0 saturated carbocycles. The highest BCUT2D eigenvalue weighted by molar-refractivity contribution is 5.97. The molecule has 1 aliphatic rings. The van der Waals surface area contributed by atoms with E-state index in [1.165, 1.54) is 23.0 Å². The first kappa shape index (κ1) is 22.7. The normalized spacial score (nSPS) is 14.4. The Balaban J connectivity index is 1.39. The number of amides is 1. The zero-order valence-corrected chi connectivity index (χ0v) is 18.5. The number of halogens is 4. The van der Waals surface area contributed by atoms with E-state index in [1.54, 1.807) is 58.3 Å². The first-order chi connectivity index (χ1) is 16.8. The number of piperazine rings is 1. The Bertz CT molecular complexity index is 1340.